The number of aryl methyl sites for hydroxylation is 1. The van der Waals surface area contributed by atoms with Gasteiger partial charge in [-0.2, -0.15) is 0 Å². The van der Waals surface area contributed by atoms with Gasteiger partial charge < -0.3 is 14.8 Å². The lowest BCUT2D eigenvalue weighted by atomic mass is 9.97. The van der Waals surface area contributed by atoms with Crippen molar-refractivity contribution in [1.82, 2.24) is 9.47 Å². The minimum Gasteiger partial charge on any atom is -0.318 e. The first-order valence-electron chi connectivity index (χ1n) is 11.6. The highest BCUT2D eigenvalue weighted by atomic mass is 19.1. The first kappa shape index (κ1) is 22.0. The van der Waals surface area contributed by atoms with E-state index in [9.17, 15) is 9.18 Å². The summed E-state index contributed by atoms with van der Waals surface area (Å²) in [6.07, 6.45) is 2.04. The van der Waals surface area contributed by atoms with E-state index in [4.69, 9.17) is 0 Å². The highest BCUT2D eigenvalue weighted by Gasteiger charge is 2.33. The Morgan fingerprint density at radius 2 is 1.76 bits per heavy atom. The first-order valence-corrected chi connectivity index (χ1v) is 11.6. The molecule has 1 atom stereocenters. The van der Waals surface area contributed by atoms with Crippen LogP contribution in [0.15, 0.2) is 85.1 Å². The summed E-state index contributed by atoms with van der Waals surface area (Å²) in [4.78, 5) is 15.5. The fraction of sp³-hybridized carbons (Fsp3) is 0.207. The number of nitrogens with zero attached hydrogens (tertiary/aromatic N) is 2. The van der Waals surface area contributed by atoms with E-state index < -0.39 is 0 Å². The molecule has 1 N–H and O–H groups in total. The molecule has 2 heterocycles. The Hall–Kier alpha value is -3.86. The molecule has 0 radical (unpaired) electrons. The monoisotopic (exact) mass is 453 g/mol. The summed E-state index contributed by atoms with van der Waals surface area (Å²) < 4.78 is 16.3. The molecule has 1 aliphatic rings. The van der Waals surface area contributed by atoms with Crippen LogP contribution in [0.4, 0.5) is 14.9 Å². The molecule has 1 aromatic heterocycles. The van der Waals surface area contributed by atoms with Crippen LogP contribution in [0.3, 0.4) is 0 Å². The van der Waals surface area contributed by atoms with Gasteiger partial charge in [0.2, 0.25) is 0 Å². The van der Waals surface area contributed by atoms with E-state index in [1.165, 1.54) is 11.6 Å². The first-order chi connectivity index (χ1) is 16.4. The summed E-state index contributed by atoms with van der Waals surface area (Å²) >= 11 is 0. The van der Waals surface area contributed by atoms with Gasteiger partial charge in [0.25, 0.3) is 0 Å². The van der Waals surface area contributed by atoms with E-state index in [-0.39, 0.29) is 17.9 Å². The second kappa shape index (κ2) is 8.82. The Kier molecular flexibility index (Phi) is 5.70. The molecule has 0 unspecified atom stereocenters. The number of carbonyl (C=O) groups excluding carboxylic acids is 1. The van der Waals surface area contributed by atoms with Crippen molar-refractivity contribution in [2.24, 2.45) is 0 Å². The largest absolute Gasteiger partial charge is 0.322 e. The summed E-state index contributed by atoms with van der Waals surface area (Å²) in [6, 6.07) is 24.9. The number of rotatable bonds is 3. The Morgan fingerprint density at radius 1 is 1.00 bits per heavy atom. The van der Waals surface area contributed by atoms with Gasteiger partial charge in [-0.15, -0.1) is 0 Å². The smallest absolute Gasteiger partial charge is 0.318 e. The molecule has 4 aromatic rings. The maximum absolute atomic E-state index is 14.2. The molecular formula is C29H28FN3O. The normalized spacial score (nSPS) is 15.0. The molecule has 0 fully saturated rings. The highest BCUT2D eigenvalue weighted by Crippen LogP contribution is 2.37. The molecule has 0 bridgehead atoms. The minimum absolute atomic E-state index is 0.273. The SMILES string of the molecule is Cc1ccc(NC(=O)N2Cc3ccccc3-n3cccc3[C@H]2c2ccc(C(C)C)cc2)cc1F. The van der Waals surface area contributed by atoms with Crippen molar-refractivity contribution < 1.29 is 9.18 Å². The van der Waals surface area contributed by atoms with E-state index in [1.54, 1.807) is 19.1 Å². The number of para-hydroxylation sites is 1. The van der Waals surface area contributed by atoms with Crippen LogP contribution in [0.5, 0.6) is 0 Å². The fourth-order valence-corrected chi connectivity index (χ4v) is 4.62. The number of hydrogen-bond acceptors (Lipinski definition) is 1. The van der Waals surface area contributed by atoms with Crippen LogP contribution in [-0.2, 0) is 6.54 Å². The van der Waals surface area contributed by atoms with Crippen molar-refractivity contribution in [3.63, 3.8) is 0 Å². The van der Waals surface area contributed by atoms with Gasteiger partial charge in [0.05, 0.1) is 18.3 Å². The third kappa shape index (κ3) is 3.98. The number of hydrogen-bond donors (Lipinski definition) is 1. The molecular weight excluding hydrogens is 425 g/mol. The molecule has 0 saturated heterocycles. The predicted octanol–water partition coefficient (Wildman–Crippen LogP) is 7.19. The Bertz CT molecular complexity index is 1340. The van der Waals surface area contributed by atoms with Gasteiger partial charge in [-0.1, -0.05) is 62.4 Å². The van der Waals surface area contributed by atoms with Crippen LogP contribution in [0.1, 0.15) is 53.8 Å². The van der Waals surface area contributed by atoms with Crippen molar-refractivity contribution in [3.05, 3.63) is 119 Å². The molecule has 5 heteroatoms. The number of anilines is 1. The van der Waals surface area contributed by atoms with E-state index in [0.717, 1.165) is 22.5 Å². The summed E-state index contributed by atoms with van der Waals surface area (Å²) in [6.45, 7) is 6.47. The van der Waals surface area contributed by atoms with Crippen molar-refractivity contribution >= 4 is 11.7 Å². The van der Waals surface area contributed by atoms with Crippen LogP contribution in [-0.4, -0.2) is 15.5 Å². The van der Waals surface area contributed by atoms with Gasteiger partial charge in [0.15, 0.2) is 0 Å². The quantitative estimate of drug-likeness (QED) is 0.350. The van der Waals surface area contributed by atoms with Crippen molar-refractivity contribution in [2.45, 2.75) is 39.3 Å². The van der Waals surface area contributed by atoms with Gasteiger partial charge in [0, 0.05) is 17.6 Å². The summed E-state index contributed by atoms with van der Waals surface area (Å²) in [7, 11) is 0. The number of amides is 2. The Labute approximate surface area is 199 Å². The van der Waals surface area contributed by atoms with Gasteiger partial charge in [-0.25, -0.2) is 9.18 Å². The van der Waals surface area contributed by atoms with Crippen molar-refractivity contribution in [1.29, 1.82) is 0 Å². The highest BCUT2D eigenvalue weighted by molar-refractivity contribution is 5.90. The van der Waals surface area contributed by atoms with Gasteiger partial charge in [0.1, 0.15) is 5.82 Å². The molecule has 3 aromatic carbocycles. The van der Waals surface area contributed by atoms with Crippen LogP contribution >= 0.6 is 0 Å². The standard InChI is InChI=1S/C29H28FN3O/c1-19(2)21-11-13-22(14-12-21)28-27-9-6-16-32(27)26-8-5-4-7-23(26)18-33(28)29(34)31-24-15-10-20(3)25(30)17-24/h4-17,19,28H,18H2,1-3H3,(H,31,34)/t28-/m1/s1. The molecule has 4 nitrogen and oxygen atoms in total. The molecule has 34 heavy (non-hydrogen) atoms. The molecule has 0 saturated carbocycles. The van der Waals surface area contributed by atoms with Gasteiger partial charge >= 0.3 is 6.03 Å². The molecule has 2 amide bonds. The molecule has 0 aliphatic carbocycles. The number of urea groups is 1. The zero-order chi connectivity index (χ0) is 23.8. The maximum atomic E-state index is 14.2. The maximum Gasteiger partial charge on any atom is 0.322 e. The zero-order valence-corrected chi connectivity index (χ0v) is 19.6. The van der Waals surface area contributed by atoms with E-state index >= 15 is 0 Å². The number of nitrogens with one attached hydrogen (secondary N) is 1. The average molecular weight is 454 g/mol. The van der Waals surface area contributed by atoms with Crippen molar-refractivity contribution in [2.75, 3.05) is 5.32 Å². The second-order valence-electron chi connectivity index (χ2n) is 9.18. The number of halogens is 1. The van der Waals surface area contributed by atoms with Crippen LogP contribution in [0, 0.1) is 12.7 Å². The molecule has 5 rings (SSSR count). The minimum atomic E-state index is -0.339. The fourth-order valence-electron chi connectivity index (χ4n) is 4.62. The van der Waals surface area contributed by atoms with Crippen LogP contribution in [0.25, 0.3) is 5.69 Å². The zero-order valence-electron chi connectivity index (χ0n) is 19.6. The molecule has 1 aliphatic heterocycles. The summed E-state index contributed by atoms with van der Waals surface area (Å²) in [5.74, 6) is 0.0841. The van der Waals surface area contributed by atoms with Crippen LogP contribution in [0.2, 0.25) is 0 Å². The molecule has 0 spiro atoms. The van der Waals surface area contributed by atoms with Crippen LogP contribution < -0.4 is 5.32 Å². The van der Waals surface area contributed by atoms with E-state index in [2.05, 4.69) is 66.2 Å². The Balaban J connectivity index is 1.60. The summed E-state index contributed by atoms with van der Waals surface area (Å²) in [5, 5.41) is 2.93. The topological polar surface area (TPSA) is 37.3 Å². The summed E-state index contributed by atoms with van der Waals surface area (Å²) in [5.41, 5.74) is 6.38. The lowest BCUT2D eigenvalue weighted by Crippen LogP contribution is -2.38. The second-order valence-corrected chi connectivity index (χ2v) is 9.18. The lowest BCUT2D eigenvalue weighted by Gasteiger charge is -2.31. The Morgan fingerprint density at radius 3 is 2.50 bits per heavy atom. The van der Waals surface area contributed by atoms with E-state index in [0.29, 0.717) is 23.7 Å². The third-order valence-electron chi connectivity index (χ3n) is 6.57. The number of carbonyl (C=O) groups is 1. The average Bonchev–Trinajstić information content (AvgIpc) is 3.26. The van der Waals surface area contributed by atoms with Gasteiger partial charge in [-0.05, 0) is 65.4 Å². The predicted molar refractivity (Wildman–Crippen MR) is 134 cm³/mol. The molecule has 172 valence electrons. The van der Waals surface area contributed by atoms with E-state index in [1.807, 2.05) is 29.3 Å². The third-order valence-corrected chi connectivity index (χ3v) is 6.57. The number of fused-ring (bicyclic) bond motifs is 3. The van der Waals surface area contributed by atoms with Crippen molar-refractivity contribution in [3.8, 4) is 5.69 Å². The number of aromatic nitrogens is 1. The van der Waals surface area contributed by atoms with Gasteiger partial charge in [-0.3, -0.25) is 0 Å². The lowest BCUT2D eigenvalue weighted by molar-refractivity contribution is 0.194. The number of benzene rings is 3.